The average Bonchev–Trinajstić information content (AvgIpc) is 2.65. The number of carbonyl (C=O) groups excluding carboxylic acids is 2. The van der Waals surface area contributed by atoms with Gasteiger partial charge in [0.2, 0.25) is 0 Å². The Morgan fingerprint density at radius 2 is 1.71 bits per heavy atom. The largest absolute Gasteiger partial charge is 0.444 e. The summed E-state index contributed by atoms with van der Waals surface area (Å²) < 4.78 is 5.25. The molecule has 0 saturated heterocycles. The van der Waals surface area contributed by atoms with Gasteiger partial charge in [0.05, 0.1) is 6.04 Å². The summed E-state index contributed by atoms with van der Waals surface area (Å²) >= 11 is 1.68. The lowest BCUT2D eigenvalue weighted by Gasteiger charge is -2.20. The molecule has 0 radical (unpaired) electrons. The van der Waals surface area contributed by atoms with Crippen LogP contribution in [0, 0.1) is 0 Å². The standard InChI is InChI=1S/C22H28N2O3S/c1-15(16-10-12-18(28-5)13-11-16)24-20(25)19-9-7-6-8-17(19)14-23-21(26)27-22(2,3)4/h6-13,15H,14H2,1-5H3,(H,23,26)(H,24,25)/t15-/m1/s1. The van der Waals surface area contributed by atoms with E-state index >= 15 is 0 Å². The van der Waals surface area contributed by atoms with E-state index in [1.807, 2.05) is 55.6 Å². The van der Waals surface area contributed by atoms with Crippen molar-refractivity contribution in [3.63, 3.8) is 0 Å². The maximum Gasteiger partial charge on any atom is 0.407 e. The van der Waals surface area contributed by atoms with Gasteiger partial charge in [0, 0.05) is 17.0 Å². The van der Waals surface area contributed by atoms with Crippen molar-refractivity contribution in [3.05, 3.63) is 65.2 Å². The molecule has 1 atom stereocenters. The first kappa shape index (κ1) is 21.8. The quantitative estimate of drug-likeness (QED) is 0.675. The molecule has 0 unspecified atom stereocenters. The van der Waals surface area contributed by atoms with Crippen LogP contribution in [0.4, 0.5) is 4.79 Å². The van der Waals surface area contributed by atoms with Crippen molar-refractivity contribution in [1.82, 2.24) is 10.6 Å². The topological polar surface area (TPSA) is 67.4 Å². The van der Waals surface area contributed by atoms with Gasteiger partial charge in [0.1, 0.15) is 5.60 Å². The van der Waals surface area contributed by atoms with Crippen LogP contribution >= 0.6 is 11.8 Å². The Kier molecular flexibility index (Phi) is 7.52. The van der Waals surface area contributed by atoms with E-state index in [1.54, 1.807) is 38.6 Å². The number of hydrogen-bond acceptors (Lipinski definition) is 4. The molecule has 0 heterocycles. The third kappa shape index (κ3) is 6.60. The Morgan fingerprint density at radius 3 is 2.32 bits per heavy atom. The third-order valence-electron chi connectivity index (χ3n) is 4.05. The molecule has 0 bridgehead atoms. The number of rotatable bonds is 6. The zero-order valence-corrected chi connectivity index (χ0v) is 17.9. The summed E-state index contributed by atoms with van der Waals surface area (Å²) in [5, 5.41) is 5.73. The molecule has 28 heavy (non-hydrogen) atoms. The van der Waals surface area contributed by atoms with Gasteiger partial charge in [-0.1, -0.05) is 30.3 Å². The monoisotopic (exact) mass is 400 g/mol. The summed E-state index contributed by atoms with van der Waals surface area (Å²) in [6, 6.07) is 15.2. The second kappa shape index (κ2) is 9.64. The first-order valence-electron chi connectivity index (χ1n) is 9.19. The number of nitrogens with one attached hydrogen (secondary N) is 2. The normalized spacial score (nSPS) is 12.2. The van der Waals surface area contributed by atoms with Crippen LogP contribution in [-0.4, -0.2) is 23.9 Å². The lowest BCUT2D eigenvalue weighted by molar-refractivity contribution is 0.0522. The van der Waals surface area contributed by atoms with Crippen LogP contribution in [-0.2, 0) is 11.3 Å². The van der Waals surface area contributed by atoms with Crippen LogP contribution in [0.3, 0.4) is 0 Å². The van der Waals surface area contributed by atoms with Gasteiger partial charge in [-0.15, -0.1) is 11.8 Å². The van der Waals surface area contributed by atoms with Crippen LogP contribution in [0.25, 0.3) is 0 Å². The molecule has 2 aromatic carbocycles. The fraction of sp³-hybridized carbons (Fsp3) is 0.364. The summed E-state index contributed by atoms with van der Waals surface area (Å²) in [6.45, 7) is 7.59. The Morgan fingerprint density at radius 1 is 1.07 bits per heavy atom. The number of benzene rings is 2. The van der Waals surface area contributed by atoms with E-state index in [1.165, 1.54) is 4.90 Å². The van der Waals surface area contributed by atoms with Crippen molar-refractivity contribution in [1.29, 1.82) is 0 Å². The van der Waals surface area contributed by atoms with Crippen LogP contribution in [0.5, 0.6) is 0 Å². The summed E-state index contributed by atoms with van der Waals surface area (Å²) in [5.41, 5.74) is 1.74. The van der Waals surface area contributed by atoms with E-state index in [-0.39, 0.29) is 18.5 Å². The van der Waals surface area contributed by atoms with Gasteiger partial charge in [0.25, 0.3) is 5.91 Å². The smallest absolute Gasteiger partial charge is 0.407 e. The Labute approximate surface area is 171 Å². The van der Waals surface area contributed by atoms with Crippen LogP contribution in [0.2, 0.25) is 0 Å². The second-order valence-corrected chi connectivity index (χ2v) is 8.36. The molecule has 0 aliphatic heterocycles. The summed E-state index contributed by atoms with van der Waals surface area (Å²) in [7, 11) is 0. The molecular formula is C22H28N2O3S. The molecule has 0 aromatic heterocycles. The van der Waals surface area contributed by atoms with Crippen LogP contribution < -0.4 is 10.6 Å². The molecule has 2 aromatic rings. The Balaban J connectivity index is 2.03. The second-order valence-electron chi connectivity index (χ2n) is 7.48. The van der Waals surface area contributed by atoms with Crippen molar-refractivity contribution >= 4 is 23.8 Å². The number of ether oxygens (including phenoxy) is 1. The van der Waals surface area contributed by atoms with E-state index in [2.05, 4.69) is 10.6 Å². The summed E-state index contributed by atoms with van der Waals surface area (Å²) in [4.78, 5) is 25.9. The molecule has 0 saturated carbocycles. The third-order valence-corrected chi connectivity index (χ3v) is 4.79. The number of alkyl carbamates (subject to hydrolysis) is 1. The predicted molar refractivity (Wildman–Crippen MR) is 114 cm³/mol. The average molecular weight is 401 g/mol. The van der Waals surface area contributed by atoms with Gasteiger partial charge in [-0.05, 0) is 63.3 Å². The minimum absolute atomic E-state index is 0.129. The van der Waals surface area contributed by atoms with Gasteiger partial charge in [-0.3, -0.25) is 4.79 Å². The maximum absolute atomic E-state index is 12.8. The highest BCUT2D eigenvalue weighted by molar-refractivity contribution is 7.98. The maximum atomic E-state index is 12.8. The molecule has 5 nitrogen and oxygen atoms in total. The van der Waals surface area contributed by atoms with E-state index in [0.717, 1.165) is 11.1 Å². The van der Waals surface area contributed by atoms with E-state index in [0.29, 0.717) is 5.56 Å². The molecule has 0 spiro atoms. The fourth-order valence-electron chi connectivity index (χ4n) is 2.63. The Hall–Kier alpha value is -2.47. The van der Waals surface area contributed by atoms with Crippen molar-refractivity contribution in [3.8, 4) is 0 Å². The first-order valence-corrected chi connectivity index (χ1v) is 10.4. The number of thioether (sulfide) groups is 1. The van der Waals surface area contributed by atoms with Crippen molar-refractivity contribution in [2.75, 3.05) is 6.26 Å². The van der Waals surface area contributed by atoms with Gasteiger partial charge in [-0.25, -0.2) is 4.79 Å². The van der Waals surface area contributed by atoms with Crippen molar-refractivity contribution < 1.29 is 14.3 Å². The number of amides is 2. The molecule has 0 aliphatic carbocycles. The fourth-order valence-corrected chi connectivity index (χ4v) is 3.04. The summed E-state index contributed by atoms with van der Waals surface area (Å²) in [6.07, 6.45) is 1.52. The van der Waals surface area contributed by atoms with Crippen LogP contribution in [0.15, 0.2) is 53.4 Å². The zero-order chi connectivity index (χ0) is 20.7. The number of hydrogen-bond donors (Lipinski definition) is 2. The van der Waals surface area contributed by atoms with Gasteiger partial charge in [0.15, 0.2) is 0 Å². The van der Waals surface area contributed by atoms with E-state index < -0.39 is 11.7 Å². The van der Waals surface area contributed by atoms with E-state index in [9.17, 15) is 9.59 Å². The lowest BCUT2D eigenvalue weighted by atomic mass is 10.0. The highest BCUT2D eigenvalue weighted by Crippen LogP contribution is 2.20. The number of carbonyl (C=O) groups is 2. The molecule has 2 amide bonds. The molecule has 150 valence electrons. The Bertz CT molecular complexity index is 813. The first-order chi connectivity index (χ1) is 13.2. The SMILES string of the molecule is CSc1ccc([C@@H](C)NC(=O)c2ccccc2CNC(=O)OC(C)(C)C)cc1. The van der Waals surface area contributed by atoms with Gasteiger partial charge < -0.3 is 15.4 Å². The summed E-state index contributed by atoms with van der Waals surface area (Å²) in [5.74, 6) is -0.178. The molecule has 2 N–H and O–H groups in total. The molecule has 0 aliphatic rings. The van der Waals surface area contributed by atoms with Gasteiger partial charge in [-0.2, -0.15) is 0 Å². The molecular weight excluding hydrogens is 372 g/mol. The van der Waals surface area contributed by atoms with Crippen LogP contribution in [0.1, 0.15) is 55.2 Å². The predicted octanol–water partition coefficient (Wildman–Crippen LogP) is 4.92. The minimum Gasteiger partial charge on any atom is -0.444 e. The minimum atomic E-state index is -0.567. The molecule has 2 rings (SSSR count). The van der Waals surface area contributed by atoms with Crippen molar-refractivity contribution in [2.45, 2.75) is 50.8 Å². The highest BCUT2D eigenvalue weighted by atomic mass is 32.2. The molecule has 6 heteroatoms. The van der Waals surface area contributed by atoms with Crippen molar-refractivity contribution in [2.24, 2.45) is 0 Å². The molecule has 0 fully saturated rings. The highest BCUT2D eigenvalue weighted by Gasteiger charge is 2.18. The van der Waals surface area contributed by atoms with E-state index in [4.69, 9.17) is 4.74 Å². The zero-order valence-electron chi connectivity index (χ0n) is 17.0. The lowest BCUT2D eigenvalue weighted by Crippen LogP contribution is -2.33. The van der Waals surface area contributed by atoms with Gasteiger partial charge >= 0.3 is 6.09 Å².